The van der Waals surface area contributed by atoms with Crippen molar-refractivity contribution in [1.82, 2.24) is 0 Å². The molecule has 0 fully saturated rings. The molecule has 7 nitrogen and oxygen atoms in total. The second-order valence-electron chi connectivity index (χ2n) is 7.49. The highest BCUT2D eigenvalue weighted by Gasteiger charge is 2.18. The molecule has 2 aliphatic heterocycles. The Hall–Kier alpha value is -3.81. The second kappa shape index (κ2) is 9.59. The van der Waals surface area contributed by atoms with Crippen molar-refractivity contribution in [2.24, 2.45) is 9.98 Å². The highest BCUT2D eigenvalue weighted by atomic mass is 79.9. The third-order valence-corrected chi connectivity index (χ3v) is 5.66. The maximum Gasteiger partial charge on any atom is 0.231 e. The number of allylic oxidation sites excluding steroid dienone is 2. The molecule has 5 rings (SSSR count). The van der Waals surface area contributed by atoms with E-state index in [1.165, 1.54) is 12.4 Å². The fourth-order valence-electron chi connectivity index (χ4n) is 3.49. The first-order chi connectivity index (χ1) is 16.6. The zero-order valence-electron chi connectivity index (χ0n) is 18.1. The highest BCUT2D eigenvalue weighted by molar-refractivity contribution is 9.10. The van der Waals surface area contributed by atoms with Gasteiger partial charge in [-0.1, -0.05) is 22.0 Å². The van der Waals surface area contributed by atoms with Gasteiger partial charge in [-0.2, -0.15) is 0 Å². The number of ether oxygens (including phenoxy) is 4. The first kappa shape index (κ1) is 22.0. The predicted octanol–water partition coefficient (Wildman–Crippen LogP) is 5.61. The summed E-state index contributed by atoms with van der Waals surface area (Å²) in [6.45, 7) is 0.517. The lowest BCUT2D eigenvalue weighted by Gasteiger charge is -2.15. The van der Waals surface area contributed by atoms with E-state index in [4.69, 9.17) is 18.9 Å². The highest BCUT2D eigenvalue weighted by Crippen LogP contribution is 2.33. The summed E-state index contributed by atoms with van der Waals surface area (Å²) < 4.78 is 37.3. The summed E-state index contributed by atoms with van der Waals surface area (Å²) in [5.74, 6) is 2.39. The van der Waals surface area contributed by atoms with Crippen molar-refractivity contribution >= 4 is 33.8 Å². The minimum Gasteiger partial charge on any atom is -0.489 e. The van der Waals surface area contributed by atoms with Crippen LogP contribution in [0.3, 0.4) is 0 Å². The Bertz CT molecular complexity index is 1340. The molecule has 1 aliphatic carbocycles. The van der Waals surface area contributed by atoms with Crippen LogP contribution in [-0.4, -0.2) is 26.1 Å². The summed E-state index contributed by atoms with van der Waals surface area (Å²) in [5, 5.41) is 3.05. The van der Waals surface area contributed by atoms with Gasteiger partial charge in [0, 0.05) is 22.5 Å². The molecular weight excluding hydrogens is 505 g/mol. The van der Waals surface area contributed by atoms with Gasteiger partial charge in [-0.3, -0.25) is 0 Å². The maximum absolute atomic E-state index is 14.4. The molecular formula is C25H19BrFN3O4. The van der Waals surface area contributed by atoms with Crippen molar-refractivity contribution in [3.05, 3.63) is 92.9 Å². The molecule has 0 spiro atoms. The maximum atomic E-state index is 14.4. The summed E-state index contributed by atoms with van der Waals surface area (Å²) in [4.78, 5) is 8.80. The number of hydrogen-bond donors (Lipinski definition) is 1. The van der Waals surface area contributed by atoms with Crippen molar-refractivity contribution in [2.45, 2.75) is 13.0 Å². The number of nitrogens with one attached hydrogen (secondary N) is 1. The Morgan fingerprint density at radius 2 is 2.00 bits per heavy atom. The fraction of sp³-hybridized carbons (Fsp3) is 0.160. The Balaban J connectivity index is 1.41. The van der Waals surface area contributed by atoms with E-state index in [9.17, 15) is 4.39 Å². The van der Waals surface area contributed by atoms with E-state index < -0.39 is 5.82 Å². The van der Waals surface area contributed by atoms with E-state index in [0.717, 1.165) is 16.9 Å². The van der Waals surface area contributed by atoms with Gasteiger partial charge in [0.2, 0.25) is 6.79 Å². The van der Waals surface area contributed by atoms with Crippen LogP contribution in [0.15, 0.2) is 91.5 Å². The van der Waals surface area contributed by atoms with Crippen molar-refractivity contribution < 1.29 is 23.3 Å². The smallest absolute Gasteiger partial charge is 0.231 e. The molecule has 3 aliphatic rings. The minimum absolute atomic E-state index is 0.219. The van der Waals surface area contributed by atoms with Crippen LogP contribution in [0.1, 0.15) is 12.0 Å². The number of aliphatic imine (C=N–C) groups is 2. The number of rotatable bonds is 5. The number of hydrogen-bond acceptors (Lipinski definition) is 7. The van der Waals surface area contributed by atoms with Gasteiger partial charge in [0.25, 0.3) is 0 Å². The van der Waals surface area contributed by atoms with Crippen LogP contribution >= 0.6 is 15.9 Å². The van der Waals surface area contributed by atoms with Gasteiger partial charge >= 0.3 is 0 Å². The average molecular weight is 524 g/mol. The normalized spacial score (nSPS) is 19.2. The fourth-order valence-corrected chi connectivity index (χ4v) is 3.82. The summed E-state index contributed by atoms with van der Waals surface area (Å²) in [5.41, 5.74) is 5.84. The predicted molar refractivity (Wildman–Crippen MR) is 129 cm³/mol. The molecule has 34 heavy (non-hydrogen) atoms. The first-order valence-electron chi connectivity index (χ1n) is 10.4. The van der Waals surface area contributed by atoms with E-state index in [-0.39, 0.29) is 6.79 Å². The second-order valence-corrected chi connectivity index (χ2v) is 8.40. The van der Waals surface area contributed by atoms with Crippen LogP contribution in [0.2, 0.25) is 0 Å². The molecule has 0 saturated heterocycles. The zero-order valence-corrected chi connectivity index (χ0v) is 19.7. The Kier molecular flexibility index (Phi) is 6.20. The lowest BCUT2D eigenvalue weighted by atomic mass is 10.1. The largest absolute Gasteiger partial charge is 0.489 e. The molecule has 2 aromatic rings. The molecule has 9 heteroatoms. The monoisotopic (exact) mass is 523 g/mol. The van der Waals surface area contributed by atoms with Crippen LogP contribution in [0.4, 0.5) is 10.1 Å². The molecule has 2 heterocycles. The number of anilines is 1. The van der Waals surface area contributed by atoms with Gasteiger partial charge in [-0.25, -0.2) is 14.4 Å². The van der Waals surface area contributed by atoms with Crippen LogP contribution in [0.5, 0.6) is 11.5 Å². The van der Waals surface area contributed by atoms with Crippen molar-refractivity contribution in [2.75, 3.05) is 19.2 Å². The quantitative estimate of drug-likeness (QED) is 0.515. The number of amidine groups is 1. The molecule has 0 radical (unpaired) electrons. The Labute approximate surface area is 203 Å². The molecule has 0 amide bonds. The summed E-state index contributed by atoms with van der Waals surface area (Å²) >= 11 is 3.27. The lowest BCUT2D eigenvalue weighted by Crippen LogP contribution is -2.16. The number of benzene rings is 2. The molecule has 0 atom stereocenters. The first-order valence-corrected chi connectivity index (χ1v) is 11.2. The van der Waals surface area contributed by atoms with Crippen LogP contribution in [0, 0.1) is 5.82 Å². The molecule has 0 unspecified atom stereocenters. The van der Waals surface area contributed by atoms with Crippen LogP contribution in [0.25, 0.3) is 0 Å². The molecule has 2 aromatic carbocycles. The van der Waals surface area contributed by atoms with E-state index in [1.807, 2.05) is 18.2 Å². The van der Waals surface area contributed by atoms with Crippen molar-refractivity contribution in [3.63, 3.8) is 0 Å². The SMILES string of the molecule is COC1=C=C(OCc2ccc3c(c2)OCO3)/C=C2\C/C(=C\1)C(Nc1ccc(Br)cc1F)=NC=N2. The molecule has 2 bridgehead atoms. The van der Waals surface area contributed by atoms with Gasteiger partial charge in [-0.05, 0) is 47.7 Å². The average Bonchev–Trinajstić information content (AvgIpc) is 3.19. The summed E-state index contributed by atoms with van der Waals surface area (Å²) in [6.07, 6.45) is 5.44. The number of methoxy groups -OCH3 is 1. The molecule has 0 saturated carbocycles. The van der Waals surface area contributed by atoms with Gasteiger partial charge in [-0.15, -0.1) is 0 Å². The van der Waals surface area contributed by atoms with Gasteiger partial charge in [0.05, 0.1) is 18.5 Å². The van der Waals surface area contributed by atoms with E-state index in [2.05, 4.69) is 37.0 Å². The van der Waals surface area contributed by atoms with Gasteiger partial charge in [0.1, 0.15) is 24.6 Å². The number of fused-ring (bicyclic) bond motifs is 3. The van der Waals surface area contributed by atoms with Gasteiger partial charge < -0.3 is 24.3 Å². The third-order valence-electron chi connectivity index (χ3n) is 5.17. The molecule has 1 N–H and O–H groups in total. The standard InChI is InChI=1S/C25H19BrFN3O4/c1-31-19-8-16-7-18(28-13-29-25(16)30-22-4-3-17(26)9-21(22)27)10-20(11-19)32-12-15-2-5-23-24(6-15)34-14-33-23/h2-6,8-10,13H,7,12,14H2,1H3,(H,28,29,30)/b16-8+,18-10+. The molecule has 0 aromatic heterocycles. The van der Waals surface area contributed by atoms with Crippen LogP contribution < -0.4 is 14.8 Å². The Morgan fingerprint density at radius 1 is 1.12 bits per heavy atom. The van der Waals surface area contributed by atoms with E-state index in [1.54, 1.807) is 31.4 Å². The lowest BCUT2D eigenvalue weighted by molar-refractivity contribution is 0.173. The van der Waals surface area contributed by atoms with E-state index in [0.29, 0.717) is 52.0 Å². The van der Waals surface area contributed by atoms with Gasteiger partial charge in [0.15, 0.2) is 23.0 Å². The summed E-state index contributed by atoms with van der Waals surface area (Å²) in [6, 6.07) is 10.4. The topological polar surface area (TPSA) is 73.7 Å². The minimum atomic E-state index is -0.401. The van der Waals surface area contributed by atoms with Crippen LogP contribution in [-0.2, 0) is 16.1 Å². The third kappa shape index (κ3) is 4.90. The number of nitrogens with zero attached hydrogens (tertiary/aromatic N) is 2. The van der Waals surface area contributed by atoms with Crippen molar-refractivity contribution in [1.29, 1.82) is 0 Å². The van der Waals surface area contributed by atoms with E-state index >= 15 is 0 Å². The molecule has 172 valence electrons. The van der Waals surface area contributed by atoms with Crippen molar-refractivity contribution in [3.8, 4) is 11.5 Å². The summed E-state index contributed by atoms with van der Waals surface area (Å²) in [7, 11) is 1.55. The number of halogens is 2. The Morgan fingerprint density at radius 3 is 2.85 bits per heavy atom. The zero-order chi connectivity index (χ0) is 23.5.